The molecule has 1 aromatic rings. The third-order valence-electron chi connectivity index (χ3n) is 5.61. The number of likely N-dealkylation sites (tertiary alicyclic amines) is 1. The van der Waals surface area contributed by atoms with Crippen LogP contribution in [-0.2, 0) is 6.42 Å². The van der Waals surface area contributed by atoms with Crippen molar-refractivity contribution in [1.82, 2.24) is 4.90 Å². The maximum absolute atomic E-state index is 13.0. The molecule has 122 valence electrons. The molecule has 0 aromatic heterocycles. The molecule has 1 unspecified atom stereocenters. The molecule has 1 aliphatic heterocycles. The Balaban J connectivity index is 1.43. The summed E-state index contributed by atoms with van der Waals surface area (Å²) in [5.41, 5.74) is 7.55. The Morgan fingerprint density at radius 2 is 1.68 bits per heavy atom. The van der Waals surface area contributed by atoms with Crippen LogP contribution < -0.4 is 5.73 Å². The van der Waals surface area contributed by atoms with Crippen molar-refractivity contribution < 1.29 is 4.39 Å². The zero-order valence-electron chi connectivity index (χ0n) is 13.5. The summed E-state index contributed by atoms with van der Waals surface area (Å²) in [5, 5.41) is 0. The van der Waals surface area contributed by atoms with E-state index in [1.54, 1.807) is 12.1 Å². The predicted molar refractivity (Wildman–Crippen MR) is 89.2 cm³/mol. The normalized spacial score (nSPS) is 27.9. The van der Waals surface area contributed by atoms with Crippen molar-refractivity contribution in [1.29, 1.82) is 0 Å². The number of benzene rings is 1. The summed E-state index contributed by atoms with van der Waals surface area (Å²) in [6.07, 6.45) is 8.83. The summed E-state index contributed by atoms with van der Waals surface area (Å²) in [5.74, 6) is 1.33. The highest BCUT2D eigenvalue weighted by atomic mass is 19.1. The van der Waals surface area contributed by atoms with Gasteiger partial charge in [-0.25, -0.2) is 4.39 Å². The molecule has 0 spiro atoms. The number of halogens is 1. The molecule has 2 nitrogen and oxygen atoms in total. The Labute approximate surface area is 133 Å². The highest BCUT2D eigenvalue weighted by molar-refractivity contribution is 5.16. The summed E-state index contributed by atoms with van der Waals surface area (Å²) in [7, 11) is 0. The van der Waals surface area contributed by atoms with Gasteiger partial charge in [0, 0.05) is 12.6 Å². The highest BCUT2D eigenvalue weighted by Gasteiger charge is 2.26. The van der Waals surface area contributed by atoms with Crippen LogP contribution in [0.3, 0.4) is 0 Å². The van der Waals surface area contributed by atoms with Gasteiger partial charge in [0.15, 0.2) is 0 Å². The van der Waals surface area contributed by atoms with Crippen LogP contribution in [0, 0.1) is 17.7 Å². The summed E-state index contributed by atoms with van der Waals surface area (Å²) < 4.78 is 13.0. The molecule has 3 heteroatoms. The van der Waals surface area contributed by atoms with E-state index in [2.05, 4.69) is 4.90 Å². The van der Waals surface area contributed by atoms with Gasteiger partial charge < -0.3 is 10.6 Å². The Morgan fingerprint density at radius 3 is 2.36 bits per heavy atom. The molecule has 1 heterocycles. The number of rotatable bonds is 4. The number of hydrogen-bond acceptors (Lipinski definition) is 2. The molecule has 0 radical (unpaired) electrons. The Kier molecular flexibility index (Phi) is 5.48. The first-order chi connectivity index (χ1) is 10.7. The lowest BCUT2D eigenvalue weighted by Gasteiger charge is -2.37. The van der Waals surface area contributed by atoms with Gasteiger partial charge in [-0.1, -0.05) is 25.0 Å². The van der Waals surface area contributed by atoms with Crippen LogP contribution in [0.15, 0.2) is 24.3 Å². The van der Waals surface area contributed by atoms with E-state index < -0.39 is 0 Å². The van der Waals surface area contributed by atoms with Gasteiger partial charge in [-0.3, -0.25) is 0 Å². The smallest absolute Gasteiger partial charge is 0.123 e. The summed E-state index contributed by atoms with van der Waals surface area (Å²) in [6, 6.07) is 7.45. The second kappa shape index (κ2) is 7.56. The van der Waals surface area contributed by atoms with Crippen molar-refractivity contribution in [3.05, 3.63) is 35.6 Å². The van der Waals surface area contributed by atoms with Gasteiger partial charge in [0.1, 0.15) is 5.82 Å². The molecule has 2 aliphatic rings. The molecule has 0 bridgehead atoms. The fourth-order valence-electron chi connectivity index (χ4n) is 4.12. The van der Waals surface area contributed by atoms with E-state index in [0.29, 0.717) is 12.0 Å². The van der Waals surface area contributed by atoms with Gasteiger partial charge in [-0.2, -0.15) is 0 Å². The van der Waals surface area contributed by atoms with Crippen molar-refractivity contribution in [2.45, 2.75) is 51.0 Å². The van der Waals surface area contributed by atoms with Gasteiger partial charge in [-0.05, 0) is 74.7 Å². The van der Waals surface area contributed by atoms with Gasteiger partial charge in [0.2, 0.25) is 0 Å². The second-order valence-corrected chi connectivity index (χ2v) is 7.28. The first kappa shape index (κ1) is 15.9. The minimum atomic E-state index is -0.137. The van der Waals surface area contributed by atoms with Gasteiger partial charge in [0.25, 0.3) is 0 Å². The maximum atomic E-state index is 13.0. The first-order valence-corrected chi connectivity index (χ1v) is 8.93. The van der Waals surface area contributed by atoms with Crippen molar-refractivity contribution in [3.63, 3.8) is 0 Å². The average Bonchev–Trinajstić information content (AvgIpc) is 2.54. The maximum Gasteiger partial charge on any atom is 0.123 e. The third kappa shape index (κ3) is 4.30. The lowest BCUT2D eigenvalue weighted by molar-refractivity contribution is 0.137. The fourth-order valence-corrected chi connectivity index (χ4v) is 4.12. The lowest BCUT2D eigenvalue weighted by atomic mass is 9.83. The number of hydrogen-bond donors (Lipinski definition) is 1. The van der Waals surface area contributed by atoms with Crippen molar-refractivity contribution in [3.8, 4) is 0 Å². The number of nitrogens with two attached hydrogens (primary N) is 1. The average molecular weight is 304 g/mol. The van der Waals surface area contributed by atoms with Gasteiger partial charge in [-0.15, -0.1) is 0 Å². The molecule has 1 saturated carbocycles. The van der Waals surface area contributed by atoms with Gasteiger partial charge in [0.05, 0.1) is 0 Å². The summed E-state index contributed by atoms with van der Waals surface area (Å²) in [4.78, 5) is 2.62. The number of piperidine rings is 1. The van der Waals surface area contributed by atoms with Crippen LogP contribution in [0.1, 0.15) is 44.1 Å². The molecular formula is C19H29FN2. The van der Waals surface area contributed by atoms with E-state index in [1.165, 1.54) is 63.7 Å². The van der Waals surface area contributed by atoms with Crippen LogP contribution in [0.25, 0.3) is 0 Å². The first-order valence-electron chi connectivity index (χ1n) is 8.93. The van der Waals surface area contributed by atoms with E-state index in [4.69, 9.17) is 5.73 Å². The Bertz CT molecular complexity index is 451. The Morgan fingerprint density at radius 1 is 1.00 bits per heavy atom. The Hall–Kier alpha value is -0.930. The third-order valence-corrected chi connectivity index (χ3v) is 5.61. The van der Waals surface area contributed by atoms with Crippen LogP contribution in [0.4, 0.5) is 4.39 Å². The topological polar surface area (TPSA) is 29.3 Å². The fraction of sp³-hybridized carbons (Fsp3) is 0.684. The second-order valence-electron chi connectivity index (χ2n) is 7.28. The molecule has 1 aromatic carbocycles. The number of nitrogens with zero attached hydrogens (tertiary/aromatic N) is 1. The minimum Gasteiger partial charge on any atom is -0.327 e. The SMILES string of the molecule is N[C@@H]1CCCCC1CN1CCC(Cc2ccc(F)cc2)CC1. The van der Waals surface area contributed by atoms with Crippen molar-refractivity contribution >= 4 is 0 Å². The van der Waals surface area contributed by atoms with E-state index in [-0.39, 0.29) is 5.82 Å². The molecule has 22 heavy (non-hydrogen) atoms. The largest absolute Gasteiger partial charge is 0.327 e. The molecular weight excluding hydrogens is 275 g/mol. The molecule has 0 amide bonds. The molecule has 1 saturated heterocycles. The van der Waals surface area contributed by atoms with Crippen molar-refractivity contribution in [2.75, 3.05) is 19.6 Å². The van der Waals surface area contributed by atoms with E-state index in [1.807, 2.05) is 12.1 Å². The van der Waals surface area contributed by atoms with E-state index >= 15 is 0 Å². The standard InChI is InChI=1S/C19H29FN2/c20-18-7-5-15(6-8-18)13-16-9-11-22(12-10-16)14-17-3-1-2-4-19(17)21/h5-8,16-17,19H,1-4,9-14,21H2/t17?,19-/m1/s1. The summed E-state index contributed by atoms with van der Waals surface area (Å²) >= 11 is 0. The monoisotopic (exact) mass is 304 g/mol. The molecule has 2 fully saturated rings. The van der Waals surface area contributed by atoms with Crippen LogP contribution in [0.2, 0.25) is 0 Å². The van der Waals surface area contributed by atoms with Gasteiger partial charge >= 0.3 is 0 Å². The molecule has 1 aliphatic carbocycles. The quantitative estimate of drug-likeness (QED) is 0.921. The highest BCUT2D eigenvalue weighted by Crippen LogP contribution is 2.27. The van der Waals surface area contributed by atoms with Crippen LogP contribution >= 0.6 is 0 Å². The van der Waals surface area contributed by atoms with E-state index in [0.717, 1.165) is 12.3 Å². The summed E-state index contributed by atoms with van der Waals surface area (Å²) in [6.45, 7) is 3.61. The van der Waals surface area contributed by atoms with E-state index in [9.17, 15) is 4.39 Å². The molecule has 2 atom stereocenters. The van der Waals surface area contributed by atoms with Crippen LogP contribution in [-0.4, -0.2) is 30.6 Å². The lowest BCUT2D eigenvalue weighted by Crippen LogP contribution is -2.44. The van der Waals surface area contributed by atoms with Crippen LogP contribution in [0.5, 0.6) is 0 Å². The molecule has 3 rings (SSSR count). The zero-order chi connectivity index (χ0) is 15.4. The molecule has 2 N–H and O–H groups in total. The predicted octanol–water partition coefficient (Wildman–Crippen LogP) is 3.60. The van der Waals surface area contributed by atoms with Crippen molar-refractivity contribution in [2.24, 2.45) is 17.6 Å². The minimum absolute atomic E-state index is 0.137. The zero-order valence-corrected chi connectivity index (χ0v) is 13.5.